The van der Waals surface area contributed by atoms with E-state index >= 15 is 0 Å². The molecule has 0 aliphatic heterocycles. The fourth-order valence-electron chi connectivity index (χ4n) is 2.25. The van der Waals surface area contributed by atoms with E-state index in [4.69, 9.17) is 17.1 Å². The maximum absolute atomic E-state index is 6.23. The first-order chi connectivity index (χ1) is 11.7. The Morgan fingerprint density at radius 2 is 2.29 bits per heavy atom. The number of hydrogen-bond acceptors (Lipinski definition) is 7. The Balaban J connectivity index is 1.57. The number of rotatable bonds is 6. The lowest BCUT2D eigenvalue weighted by Gasteiger charge is -2.05. The van der Waals surface area contributed by atoms with Crippen LogP contribution in [0.15, 0.2) is 28.6 Å². The lowest BCUT2D eigenvalue weighted by atomic mass is 10.3. The molecule has 1 atom stereocenters. The van der Waals surface area contributed by atoms with E-state index < -0.39 is 0 Å². The summed E-state index contributed by atoms with van der Waals surface area (Å²) in [6, 6.07) is 6.04. The molecule has 0 radical (unpaired) electrons. The lowest BCUT2D eigenvalue weighted by Crippen LogP contribution is -1.97. The molecule has 0 aromatic carbocycles. The van der Waals surface area contributed by atoms with E-state index in [0.717, 1.165) is 20.6 Å². The second-order valence-electron chi connectivity index (χ2n) is 5.34. The lowest BCUT2D eigenvalue weighted by molar-refractivity contribution is 0.966. The molecule has 3 heterocycles. The fraction of sp³-hybridized carbons (Fsp3) is 0.214. The minimum absolute atomic E-state index is 0.329. The third-order valence-corrected chi connectivity index (χ3v) is 7.13. The maximum Gasteiger partial charge on any atom is 0.171 e. The predicted octanol–water partition coefficient (Wildman–Crippen LogP) is 4.76. The van der Waals surface area contributed by atoms with Gasteiger partial charge < -0.3 is 10.8 Å². The van der Waals surface area contributed by atoms with Gasteiger partial charge in [-0.1, -0.05) is 23.0 Å². The summed E-state index contributed by atoms with van der Waals surface area (Å²) in [6.07, 6.45) is 4.06. The third kappa shape index (κ3) is 3.58. The zero-order valence-corrected chi connectivity index (χ0v) is 15.8. The number of H-pyrrole nitrogens is 1. The Morgan fingerprint density at radius 3 is 3.08 bits per heavy atom. The molecular formula is C14H14ClN6PS2. The van der Waals surface area contributed by atoms with Crippen LogP contribution in [0, 0.1) is 0 Å². The fourth-order valence-corrected chi connectivity index (χ4v) is 5.12. The maximum atomic E-state index is 6.23. The summed E-state index contributed by atoms with van der Waals surface area (Å²) in [6.45, 7) is 0. The van der Waals surface area contributed by atoms with E-state index in [0.29, 0.717) is 30.5 Å². The number of aromatic nitrogens is 4. The van der Waals surface area contributed by atoms with Crippen LogP contribution in [0.3, 0.4) is 0 Å². The van der Waals surface area contributed by atoms with Gasteiger partial charge in [-0.2, -0.15) is 5.10 Å². The third-order valence-electron chi connectivity index (χ3n) is 3.57. The van der Waals surface area contributed by atoms with Gasteiger partial charge in [0.15, 0.2) is 17.5 Å². The largest absolute Gasteiger partial charge is 0.322 e. The van der Waals surface area contributed by atoms with Gasteiger partial charge in [0.25, 0.3) is 0 Å². The molecule has 1 fully saturated rings. The zero-order chi connectivity index (χ0) is 16.5. The normalized spacial score (nSPS) is 14.6. The van der Waals surface area contributed by atoms with Crippen LogP contribution in [0.5, 0.6) is 0 Å². The minimum Gasteiger partial charge on any atom is -0.322 e. The van der Waals surface area contributed by atoms with Crippen molar-refractivity contribution in [1.82, 2.24) is 20.2 Å². The van der Waals surface area contributed by atoms with Gasteiger partial charge in [0, 0.05) is 25.6 Å². The minimum atomic E-state index is 0.329. The molecule has 0 amide bonds. The summed E-state index contributed by atoms with van der Waals surface area (Å²) in [7, 11) is 0.329. The summed E-state index contributed by atoms with van der Waals surface area (Å²) < 4.78 is 1.15. The Labute approximate surface area is 153 Å². The van der Waals surface area contributed by atoms with Crippen molar-refractivity contribution in [2.45, 2.75) is 23.0 Å². The number of halogens is 1. The van der Waals surface area contributed by atoms with E-state index in [-0.39, 0.29) is 0 Å². The molecule has 1 aliphatic carbocycles. The number of anilines is 2. The van der Waals surface area contributed by atoms with Crippen molar-refractivity contribution >= 4 is 53.9 Å². The van der Waals surface area contributed by atoms with Crippen LogP contribution in [0.1, 0.15) is 24.5 Å². The van der Waals surface area contributed by atoms with Crippen LogP contribution < -0.4 is 10.8 Å². The Morgan fingerprint density at radius 1 is 1.42 bits per heavy atom. The van der Waals surface area contributed by atoms with Gasteiger partial charge in [-0.15, -0.1) is 11.3 Å². The monoisotopic (exact) mass is 396 g/mol. The Hall–Kier alpha value is -1.18. The van der Waals surface area contributed by atoms with Gasteiger partial charge in [0.05, 0.1) is 15.3 Å². The van der Waals surface area contributed by atoms with Crippen LogP contribution in [-0.4, -0.2) is 20.2 Å². The number of nitrogens with two attached hydrogens (primary N) is 1. The van der Waals surface area contributed by atoms with Gasteiger partial charge in [-0.3, -0.25) is 5.10 Å². The van der Waals surface area contributed by atoms with Crippen molar-refractivity contribution in [3.8, 4) is 10.7 Å². The molecule has 3 aromatic rings. The average molecular weight is 397 g/mol. The van der Waals surface area contributed by atoms with Gasteiger partial charge >= 0.3 is 0 Å². The summed E-state index contributed by atoms with van der Waals surface area (Å²) in [5, 5.41) is 11.0. The molecule has 3 aromatic heterocycles. The van der Waals surface area contributed by atoms with Crippen molar-refractivity contribution in [2.24, 2.45) is 5.50 Å². The molecule has 0 spiro atoms. The molecule has 1 unspecified atom stereocenters. The van der Waals surface area contributed by atoms with Crippen LogP contribution in [-0.2, 0) is 0 Å². The molecule has 24 heavy (non-hydrogen) atoms. The number of nitrogens with zero attached hydrogens (tertiary/aromatic N) is 3. The van der Waals surface area contributed by atoms with E-state index in [1.807, 2.05) is 18.2 Å². The molecule has 1 aliphatic rings. The number of nitrogens with one attached hydrogen (secondary N) is 2. The van der Waals surface area contributed by atoms with E-state index in [1.165, 1.54) is 12.8 Å². The first kappa shape index (κ1) is 16.3. The molecule has 0 saturated heterocycles. The highest BCUT2D eigenvalue weighted by Gasteiger charge is 2.25. The topological polar surface area (TPSA) is 92.5 Å². The van der Waals surface area contributed by atoms with Crippen molar-refractivity contribution < 1.29 is 0 Å². The van der Waals surface area contributed by atoms with Gasteiger partial charge in [-0.25, -0.2) is 9.97 Å². The van der Waals surface area contributed by atoms with E-state index in [9.17, 15) is 0 Å². The van der Waals surface area contributed by atoms with Gasteiger partial charge in [0.2, 0.25) is 0 Å². The SMILES string of the molecule is NPSc1ccc(-c2ncc(Cl)c(Nc3cc(C4CC4)[nH]n3)n2)s1. The van der Waals surface area contributed by atoms with Gasteiger partial charge in [-0.05, 0) is 25.0 Å². The average Bonchev–Trinajstić information content (AvgIpc) is 3.14. The highest BCUT2D eigenvalue weighted by molar-refractivity contribution is 8.49. The standard InChI is InChI=1S/C14H14ClN6PS2/c15-8-6-17-14(10-3-4-12(23-10)24-22-16)19-13(8)18-11-5-9(20-21-11)7-1-2-7/h3-7,22H,1-2,16H2,(H2,17,18,19,20,21). The molecule has 124 valence electrons. The highest BCUT2D eigenvalue weighted by Crippen LogP contribution is 2.41. The predicted molar refractivity (Wildman–Crippen MR) is 103 cm³/mol. The second kappa shape index (κ2) is 6.98. The van der Waals surface area contributed by atoms with Crippen molar-refractivity contribution in [3.63, 3.8) is 0 Å². The van der Waals surface area contributed by atoms with Crippen LogP contribution in [0.4, 0.5) is 11.6 Å². The summed E-state index contributed by atoms with van der Waals surface area (Å²) in [5.41, 5.74) is 6.75. The molecule has 10 heteroatoms. The molecule has 6 nitrogen and oxygen atoms in total. The number of thiophene rings is 1. The quantitative estimate of drug-likeness (QED) is 0.520. The first-order valence-electron chi connectivity index (χ1n) is 7.30. The number of aromatic amines is 1. The Kier molecular flexibility index (Phi) is 4.74. The summed E-state index contributed by atoms with van der Waals surface area (Å²) in [5.74, 6) is 2.53. The summed E-state index contributed by atoms with van der Waals surface area (Å²) >= 11 is 9.47. The van der Waals surface area contributed by atoms with Crippen LogP contribution in [0.2, 0.25) is 5.02 Å². The summed E-state index contributed by atoms with van der Waals surface area (Å²) in [4.78, 5) is 9.86. The van der Waals surface area contributed by atoms with Crippen LogP contribution >= 0.6 is 42.3 Å². The molecule has 4 rings (SSSR count). The zero-order valence-electron chi connectivity index (χ0n) is 12.4. The molecule has 0 bridgehead atoms. The van der Waals surface area contributed by atoms with Crippen molar-refractivity contribution in [3.05, 3.63) is 35.1 Å². The van der Waals surface area contributed by atoms with E-state index in [2.05, 4.69) is 25.5 Å². The van der Waals surface area contributed by atoms with Gasteiger partial charge in [0.1, 0.15) is 5.02 Å². The second-order valence-corrected chi connectivity index (χ2v) is 9.29. The molecule has 1 saturated carbocycles. The first-order valence-corrected chi connectivity index (χ1v) is 11.1. The smallest absolute Gasteiger partial charge is 0.171 e. The van der Waals surface area contributed by atoms with Crippen molar-refractivity contribution in [1.29, 1.82) is 0 Å². The molecular weight excluding hydrogens is 383 g/mol. The number of hydrogen-bond donors (Lipinski definition) is 3. The van der Waals surface area contributed by atoms with Crippen LogP contribution in [0.25, 0.3) is 10.7 Å². The molecule has 4 N–H and O–H groups in total. The highest BCUT2D eigenvalue weighted by atomic mass is 35.5. The Bertz CT molecular complexity index is 863. The van der Waals surface area contributed by atoms with Crippen molar-refractivity contribution in [2.75, 3.05) is 5.32 Å². The van der Waals surface area contributed by atoms with E-state index in [1.54, 1.807) is 28.9 Å².